The average molecular weight is 280 g/mol. The fourth-order valence-corrected chi connectivity index (χ4v) is 1.97. The van der Waals surface area contributed by atoms with E-state index >= 15 is 0 Å². The predicted octanol–water partition coefficient (Wildman–Crippen LogP) is 4.08. The van der Waals surface area contributed by atoms with Gasteiger partial charge in [0.1, 0.15) is 18.2 Å². The molecule has 0 heterocycles. The van der Waals surface area contributed by atoms with Gasteiger partial charge in [0, 0.05) is 22.2 Å². The van der Waals surface area contributed by atoms with Gasteiger partial charge >= 0.3 is 0 Å². The number of benzene rings is 2. The molecular formula is C15H15ClFNO. The van der Waals surface area contributed by atoms with Crippen molar-refractivity contribution in [1.29, 1.82) is 0 Å². The van der Waals surface area contributed by atoms with Crippen LogP contribution in [0.25, 0.3) is 0 Å². The Morgan fingerprint density at radius 2 is 2.00 bits per heavy atom. The molecule has 2 aromatic rings. The van der Waals surface area contributed by atoms with Crippen molar-refractivity contribution in [2.45, 2.75) is 19.6 Å². The lowest BCUT2D eigenvalue weighted by Gasteiger charge is -2.14. The smallest absolute Gasteiger partial charge is 0.124 e. The quantitative estimate of drug-likeness (QED) is 0.915. The van der Waals surface area contributed by atoms with E-state index < -0.39 is 0 Å². The average Bonchev–Trinajstić information content (AvgIpc) is 2.38. The van der Waals surface area contributed by atoms with Gasteiger partial charge in [-0.2, -0.15) is 0 Å². The van der Waals surface area contributed by atoms with Crippen LogP contribution in [-0.4, -0.2) is 0 Å². The van der Waals surface area contributed by atoms with Crippen LogP contribution in [-0.2, 0) is 6.61 Å². The van der Waals surface area contributed by atoms with Crippen LogP contribution in [0.5, 0.6) is 5.75 Å². The van der Waals surface area contributed by atoms with Gasteiger partial charge in [0.25, 0.3) is 0 Å². The summed E-state index contributed by atoms with van der Waals surface area (Å²) < 4.78 is 18.9. The highest BCUT2D eigenvalue weighted by atomic mass is 35.5. The number of hydrogen-bond acceptors (Lipinski definition) is 2. The first-order chi connectivity index (χ1) is 9.08. The molecular weight excluding hydrogens is 265 g/mol. The summed E-state index contributed by atoms with van der Waals surface area (Å²) in [4.78, 5) is 0. The van der Waals surface area contributed by atoms with Crippen molar-refractivity contribution in [3.8, 4) is 5.75 Å². The first-order valence-electron chi connectivity index (χ1n) is 5.99. The minimum atomic E-state index is -0.322. The number of ether oxygens (including phenoxy) is 1. The summed E-state index contributed by atoms with van der Waals surface area (Å²) in [6.07, 6.45) is 0. The van der Waals surface area contributed by atoms with Crippen LogP contribution >= 0.6 is 11.6 Å². The van der Waals surface area contributed by atoms with Crippen molar-refractivity contribution in [2.75, 3.05) is 0 Å². The maximum atomic E-state index is 13.2. The van der Waals surface area contributed by atoms with E-state index in [9.17, 15) is 4.39 Å². The van der Waals surface area contributed by atoms with Gasteiger partial charge in [-0.05, 0) is 31.2 Å². The lowest BCUT2D eigenvalue weighted by molar-refractivity contribution is 0.301. The summed E-state index contributed by atoms with van der Waals surface area (Å²) in [6, 6.07) is 11.5. The van der Waals surface area contributed by atoms with Crippen molar-refractivity contribution in [1.82, 2.24) is 0 Å². The van der Waals surface area contributed by atoms with Crippen molar-refractivity contribution >= 4 is 11.6 Å². The second-order valence-electron chi connectivity index (χ2n) is 4.35. The van der Waals surface area contributed by atoms with Gasteiger partial charge in [0.15, 0.2) is 0 Å². The molecule has 2 rings (SSSR count). The van der Waals surface area contributed by atoms with E-state index in [0.717, 1.165) is 5.56 Å². The molecule has 0 spiro atoms. The van der Waals surface area contributed by atoms with Gasteiger partial charge in [-0.25, -0.2) is 4.39 Å². The second-order valence-corrected chi connectivity index (χ2v) is 4.76. The minimum Gasteiger partial charge on any atom is -0.489 e. The molecule has 2 aromatic carbocycles. The largest absolute Gasteiger partial charge is 0.489 e. The zero-order chi connectivity index (χ0) is 13.8. The van der Waals surface area contributed by atoms with E-state index in [1.165, 1.54) is 12.1 Å². The zero-order valence-corrected chi connectivity index (χ0v) is 11.3. The topological polar surface area (TPSA) is 35.2 Å². The number of rotatable bonds is 4. The van der Waals surface area contributed by atoms with Crippen molar-refractivity contribution < 1.29 is 9.13 Å². The Labute approximate surface area is 117 Å². The third-order valence-corrected chi connectivity index (χ3v) is 3.17. The first kappa shape index (κ1) is 13.8. The molecule has 0 aliphatic heterocycles. The van der Waals surface area contributed by atoms with Gasteiger partial charge in [0.2, 0.25) is 0 Å². The predicted molar refractivity (Wildman–Crippen MR) is 74.8 cm³/mol. The molecule has 0 amide bonds. The fourth-order valence-electron chi connectivity index (χ4n) is 1.78. The highest BCUT2D eigenvalue weighted by Gasteiger charge is 2.10. The SMILES string of the molecule is CC(N)c1cc(F)ccc1OCc1ccccc1Cl. The van der Waals surface area contributed by atoms with Crippen LogP contribution in [0.3, 0.4) is 0 Å². The van der Waals surface area contributed by atoms with Crippen molar-refractivity contribution in [3.63, 3.8) is 0 Å². The Morgan fingerprint density at radius 3 is 2.68 bits per heavy atom. The van der Waals surface area contributed by atoms with Crippen LogP contribution in [0.1, 0.15) is 24.1 Å². The molecule has 0 aliphatic carbocycles. The molecule has 100 valence electrons. The summed E-state index contributed by atoms with van der Waals surface area (Å²) in [5.41, 5.74) is 7.33. The third kappa shape index (κ3) is 3.46. The van der Waals surface area contributed by atoms with E-state index in [0.29, 0.717) is 22.9 Å². The van der Waals surface area contributed by atoms with Crippen LogP contribution < -0.4 is 10.5 Å². The monoisotopic (exact) mass is 279 g/mol. The summed E-state index contributed by atoms with van der Waals surface area (Å²) in [7, 11) is 0. The normalized spacial score (nSPS) is 12.2. The molecule has 0 radical (unpaired) electrons. The highest BCUT2D eigenvalue weighted by molar-refractivity contribution is 6.31. The van der Waals surface area contributed by atoms with Gasteiger partial charge in [0.05, 0.1) is 0 Å². The maximum absolute atomic E-state index is 13.2. The molecule has 0 bridgehead atoms. The van der Waals surface area contributed by atoms with Crippen molar-refractivity contribution in [2.24, 2.45) is 5.73 Å². The number of nitrogens with two attached hydrogens (primary N) is 1. The molecule has 2 nitrogen and oxygen atoms in total. The summed E-state index contributed by atoms with van der Waals surface area (Å²) >= 11 is 6.05. The molecule has 0 aliphatic rings. The van der Waals surface area contributed by atoms with Crippen LogP contribution in [0, 0.1) is 5.82 Å². The molecule has 0 saturated carbocycles. The number of halogens is 2. The highest BCUT2D eigenvalue weighted by Crippen LogP contribution is 2.26. The maximum Gasteiger partial charge on any atom is 0.124 e. The Hall–Kier alpha value is -1.58. The molecule has 0 saturated heterocycles. The minimum absolute atomic E-state index is 0.294. The molecule has 0 aromatic heterocycles. The lowest BCUT2D eigenvalue weighted by Crippen LogP contribution is -2.08. The van der Waals surface area contributed by atoms with Gasteiger partial charge in [-0.15, -0.1) is 0 Å². The second kappa shape index (κ2) is 6.04. The van der Waals surface area contributed by atoms with E-state index in [2.05, 4.69) is 0 Å². The van der Waals surface area contributed by atoms with Gasteiger partial charge in [-0.3, -0.25) is 0 Å². The van der Waals surface area contributed by atoms with E-state index in [1.54, 1.807) is 19.1 Å². The molecule has 1 atom stereocenters. The van der Waals surface area contributed by atoms with E-state index in [-0.39, 0.29) is 11.9 Å². The van der Waals surface area contributed by atoms with Gasteiger partial charge < -0.3 is 10.5 Å². The lowest BCUT2D eigenvalue weighted by atomic mass is 10.1. The van der Waals surface area contributed by atoms with Crippen LogP contribution in [0.2, 0.25) is 5.02 Å². The van der Waals surface area contributed by atoms with E-state index in [4.69, 9.17) is 22.1 Å². The Morgan fingerprint density at radius 1 is 1.26 bits per heavy atom. The molecule has 1 unspecified atom stereocenters. The van der Waals surface area contributed by atoms with Crippen LogP contribution in [0.4, 0.5) is 4.39 Å². The van der Waals surface area contributed by atoms with Gasteiger partial charge in [-0.1, -0.05) is 29.8 Å². The van der Waals surface area contributed by atoms with Crippen LogP contribution in [0.15, 0.2) is 42.5 Å². The number of hydrogen-bond donors (Lipinski definition) is 1. The Balaban J connectivity index is 2.18. The van der Waals surface area contributed by atoms with Crippen molar-refractivity contribution in [3.05, 3.63) is 64.4 Å². The standard InChI is InChI=1S/C15H15ClFNO/c1-10(18)13-8-12(17)6-7-15(13)19-9-11-4-2-3-5-14(11)16/h2-8,10H,9,18H2,1H3. The third-order valence-electron chi connectivity index (χ3n) is 2.80. The molecule has 19 heavy (non-hydrogen) atoms. The summed E-state index contributed by atoms with van der Waals surface area (Å²) in [6.45, 7) is 2.11. The molecule has 0 fully saturated rings. The Kier molecular flexibility index (Phi) is 4.40. The summed E-state index contributed by atoms with van der Waals surface area (Å²) in [5.74, 6) is 0.258. The zero-order valence-electron chi connectivity index (χ0n) is 10.6. The Bertz CT molecular complexity index is 572. The molecule has 2 N–H and O–H groups in total. The summed E-state index contributed by atoms with van der Waals surface area (Å²) in [5, 5.41) is 0.645. The first-order valence-corrected chi connectivity index (χ1v) is 6.37. The fraction of sp³-hybridized carbons (Fsp3) is 0.200. The molecule has 4 heteroatoms. The van der Waals surface area contributed by atoms with E-state index in [1.807, 2.05) is 18.2 Å².